The Morgan fingerprint density at radius 2 is 1.94 bits per heavy atom. The lowest BCUT2D eigenvalue weighted by atomic mass is 10.2. The van der Waals surface area contributed by atoms with Crippen LogP contribution in [-0.4, -0.2) is 24.9 Å². The maximum Gasteiger partial charge on any atom is 0.251 e. The molecule has 1 aromatic rings. The third-order valence-corrected chi connectivity index (χ3v) is 3.24. The van der Waals surface area contributed by atoms with Gasteiger partial charge in [-0.15, -0.1) is 0 Å². The van der Waals surface area contributed by atoms with E-state index >= 15 is 0 Å². The summed E-state index contributed by atoms with van der Waals surface area (Å²) in [6.45, 7) is 0.929. The van der Waals surface area contributed by atoms with Crippen LogP contribution >= 0.6 is 15.9 Å². The third-order valence-electron chi connectivity index (χ3n) is 2.74. The lowest BCUT2D eigenvalue weighted by Crippen LogP contribution is -2.35. The van der Waals surface area contributed by atoms with Gasteiger partial charge in [-0.2, -0.15) is 0 Å². The summed E-state index contributed by atoms with van der Waals surface area (Å²) in [6, 6.07) is 7.20. The summed E-state index contributed by atoms with van der Waals surface area (Å²) in [5, 5.41) is 5.57. The van der Waals surface area contributed by atoms with Crippen molar-refractivity contribution in [2.75, 3.05) is 13.1 Å². The zero-order valence-corrected chi connectivity index (χ0v) is 11.5. The van der Waals surface area contributed by atoms with Crippen LogP contribution in [-0.2, 0) is 4.79 Å². The van der Waals surface area contributed by atoms with Crippen LogP contribution in [0.3, 0.4) is 0 Å². The fourth-order valence-corrected chi connectivity index (χ4v) is 1.98. The summed E-state index contributed by atoms with van der Waals surface area (Å²) in [5.41, 5.74) is 0.609. The van der Waals surface area contributed by atoms with Gasteiger partial charge >= 0.3 is 0 Å². The number of hydrogen-bond acceptors (Lipinski definition) is 2. The average molecular weight is 311 g/mol. The topological polar surface area (TPSA) is 58.2 Å². The predicted molar refractivity (Wildman–Crippen MR) is 72.2 cm³/mol. The lowest BCUT2D eigenvalue weighted by molar-refractivity contribution is -0.122. The molecule has 0 atom stereocenters. The van der Waals surface area contributed by atoms with E-state index in [1.54, 1.807) is 12.1 Å². The van der Waals surface area contributed by atoms with Gasteiger partial charge in [-0.05, 0) is 31.0 Å². The Kier molecular flexibility index (Phi) is 4.36. The van der Waals surface area contributed by atoms with E-state index in [1.807, 2.05) is 12.1 Å². The molecule has 4 nitrogen and oxygen atoms in total. The summed E-state index contributed by atoms with van der Waals surface area (Å²) in [6.07, 6.45) is 1.99. The first-order chi connectivity index (χ1) is 8.66. The highest BCUT2D eigenvalue weighted by molar-refractivity contribution is 9.10. The fourth-order valence-electron chi connectivity index (χ4n) is 1.58. The van der Waals surface area contributed by atoms with Crippen LogP contribution in [0.2, 0.25) is 0 Å². The molecule has 0 aliphatic heterocycles. The number of carbonyl (C=O) groups excluding carboxylic acids is 2. The van der Waals surface area contributed by atoms with E-state index in [2.05, 4.69) is 26.6 Å². The number of benzene rings is 1. The number of carbonyl (C=O) groups is 2. The molecule has 1 saturated carbocycles. The van der Waals surface area contributed by atoms with Gasteiger partial charge in [0.05, 0.1) is 0 Å². The van der Waals surface area contributed by atoms with E-state index in [9.17, 15) is 9.59 Å². The van der Waals surface area contributed by atoms with Crippen LogP contribution in [0.15, 0.2) is 28.7 Å². The van der Waals surface area contributed by atoms with Gasteiger partial charge in [-0.25, -0.2) is 0 Å². The Bertz CT molecular complexity index is 458. The van der Waals surface area contributed by atoms with E-state index in [1.165, 1.54) is 0 Å². The lowest BCUT2D eigenvalue weighted by Gasteiger charge is -2.06. The number of nitrogens with one attached hydrogen (secondary N) is 2. The van der Waals surface area contributed by atoms with Crippen molar-refractivity contribution in [3.63, 3.8) is 0 Å². The molecule has 0 bridgehead atoms. The summed E-state index contributed by atoms with van der Waals surface area (Å²) in [4.78, 5) is 23.1. The summed E-state index contributed by atoms with van der Waals surface area (Å²) in [7, 11) is 0. The van der Waals surface area contributed by atoms with Gasteiger partial charge < -0.3 is 10.6 Å². The molecule has 0 spiro atoms. The Labute approximate surface area is 114 Å². The SMILES string of the molecule is O=C(NCCNC(=O)C1CC1)c1cccc(Br)c1. The second kappa shape index (κ2) is 6.00. The van der Waals surface area contributed by atoms with Gasteiger partial charge in [-0.3, -0.25) is 9.59 Å². The van der Waals surface area contributed by atoms with Crippen molar-refractivity contribution in [1.29, 1.82) is 0 Å². The molecule has 1 aliphatic rings. The van der Waals surface area contributed by atoms with Gasteiger partial charge in [0.25, 0.3) is 5.91 Å². The molecule has 0 radical (unpaired) electrons. The first kappa shape index (κ1) is 13.1. The van der Waals surface area contributed by atoms with Crippen LogP contribution in [0.5, 0.6) is 0 Å². The number of rotatable bonds is 5. The molecule has 0 saturated heterocycles. The van der Waals surface area contributed by atoms with Crippen molar-refractivity contribution in [2.45, 2.75) is 12.8 Å². The number of hydrogen-bond donors (Lipinski definition) is 2. The van der Waals surface area contributed by atoms with Crippen molar-refractivity contribution in [3.05, 3.63) is 34.3 Å². The Balaban J connectivity index is 1.69. The third kappa shape index (κ3) is 3.84. The number of halogens is 1. The molecule has 5 heteroatoms. The Hall–Kier alpha value is -1.36. The highest BCUT2D eigenvalue weighted by atomic mass is 79.9. The molecule has 96 valence electrons. The van der Waals surface area contributed by atoms with Crippen LogP contribution in [0, 0.1) is 5.92 Å². The molecule has 1 aliphatic carbocycles. The van der Waals surface area contributed by atoms with Crippen molar-refractivity contribution < 1.29 is 9.59 Å². The summed E-state index contributed by atoms with van der Waals surface area (Å²) < 4.78 is 0.872. The van der Waals surface area contributed by atoms with Crippen LogP contribution in [0.25, 0.3) is 0 Å². The molecule has 0 unspecified atom stereocenters. The highest BCUT2D eigenvalue weighted by Crippen LogP contribution is 2.28. The molecule has 2 rings (SSSR count). The number of amides is 2. The van der Waals surface area contributed by atoms with Gasteiger partial charge in [-0.1, -0.05) is 22.0 Å². The smallest absolute Gasteiger partial charge is 0.251 e. The normalized spacial score (nSPS) is 14.1. The largest absolute Gasteiger partial charge is 0.354 e. The minimum Gasteiger partial charge on any atom is -0.354 e. The molecule has 18 heavy (non-hydrogen) atoms. The van der Waals surface area contributed by atoms with Crippen molar-refractivity contribution in [3.8, 4) is 0 Å². The second-order valence-electron chi connectivity index (χ2n) is 4.33. The molecule has 0 heterocycles. The maximum absolute atomic E-state index is 11.7. The first-order valence-electron chi connectivity index (χ1n) is 5.98. The van der Waals surface area contributed by atoms with Gasteiger partial charge in [0.15, 0.2) is 0 Å². The van der Waals surface area contributed by atoms with E-state index in [0.717, 1.165) is 17.3 Å². The molecule has 2 N–H and O–H groups in total. The van der Waals surface area contributed by atoms with Gasteiger partial charge in [0.2, 0.25) is 5.91 Å². The van der Waals surface area contributed by atoms with Crippen LogP contribution in [0.4, 0.5) is 0 Å². The predicted octanol–water partition coefficient (Wildman–Crippen LogP) is 1.71. The van der Waals surface area contributed by atoms with E-state index in [4.69, 9.17) is 0 Å². The van der Waals surface area contributed by atoms with Crippen molar-refractivity contribution >= 4 is 27.7 Å². The van der Waals surface area contributed by atoms with Gasteiger partial charge in [0.1, 0.15) is 0 Å². The molecule has 2 amide bonds. The standard InChI is InChI=1S/C13H15BrN2O2/c14-11-3-1-2-10(8-11)13(18)16-7-6-15-12(17)9-4-5-9/h1-3,8-9H,4-7H2,(H,15,17)(H,16,18). The van der Waals surface area contributed by atoms with Crippen molar-refractivity contribution in [1.82, 2.24) is 10.6 Å². The van der Waals surface area contributed by atoms with E-state index in [0.29, 0.717) is 18.7 Å². The van der Waals surface area contributed by atoms with Crippen LogP contribution in [0.1, 0.15) is 23.2 Å². The zero-order chi connectivity index (χ0) is 13.0. The summed E-state index contributed by atoms with van der Waals surface area (Å²) >= 11 is 3.32. The molecule has 1 fully saturated rings. The average Bonchev–Trinajstić information content (AvgIpc) is 3.18. The van der Waals surface area contributed by atoms with Crippen molar-refractivity contribution in [2.24, 2.45) is 5.92 Å². The van der Waals surface area contributed by atoms with Gasteiger partial charge in [0, 0.05) is 29.0 Å². The van der Waals surface area contributed by atoms with Crippen LogP contribution < -0.4 is 10.6 Å². The van der Waals surface area contributed by atoms with E-state index < -0.39 is 0 Å². The molecular weight excluding hydrogens is 296 g/mol. The molecule has 1 aromatic carbocycles. The Morgan fingerprint density at radius 1 is 1.22 bits per heavy atom. The molecular formula is C13H15BrN2O2. The zero-order valence-electron chi connectivity index (χ0n) is 9.91. The second-order valence-corrected chi connectivity index (χ2v) is 5.25. The minimum atomic E-state index is -0.128. The summed E-state index contributed by atoms with van der Waals surface area (Å²) in [5.74, 6) is 0.189. The highest BCUT2D eigenvalue weighted by Gasteiger charge is 2.28. The maximum atomic E-state index is 11.7. The van der Waals surface area contributed by atoms with E-state index in [-0.39, 0.29) is 17.7 Å². The first-order valence-corrected chi connectivity index (χ1v) is 6.77. The minimum absolute atomic E-state index is 0.103. The fraction of sp³-hybridized carbons (Fsp3) is 0.385. The molecule has 0 aromatic heterocycles. The Morgan fingerprint density at radius 3 is 2.61 bits per heavy atom. The quantitative estimate of drug-likeness (QED) is 0.813. The monoisotopic (exact) mass is 310 g/mol.